The molecule has 0 saturated carbocycles. The highest BCUT2D eigenvalue weighted by Crippen LogP contribution is 2.21. The summed E-state index contributed by atoms with van der Waals surface area (Å²) in [5, 5.41) is 18.0. The van der Waals surface area contributed by atoms with Crippen LogP contribution in [0, 0.1) is 5.92 Å². The van der Waals surface area contributed by atoms with Gasteiger partial charge in [-0.3, -0.25) is 9.59 Å². The molecule has 0 aliphatic rings. The molecule has 220 valence electrons. The van der Waals surface area contributed by atoms with Crippen molar-refractivity contribution in [3.63, 3.8) is 0 Å². The fourth-order valence-corrected chi connectivity index (χ4v) is 4.96. The zero-order valence-electron chi connectivity index (χ0n) is 24.5. The second kappa shape index (κ2) is 27.9. The van der Waals surface area contributed by atoms with Crippen LogP contribution in [0.5, 0.6) is 0 Å². The van der Waals surface area contributed by atoms with Gasteiger partial charge in [-0.05, 0) is 51.1 Å². The van der Waals surface area contributed by atoms with Crippen molar-refractivity contribution >= 4 is 11.9 Å². The Kier molecular flexibility index (Phi) is 27.0. The number of hydrogen-bond donors (Lipinski definition) is 2. The highest BCUT2D eigenvalue weighted by molar-refractivity contribution is 5.69. The van der Waals surface area contributed by atoms with E-state index in [0.29, 0.717) is 18.9 Å². The van der Waals surface area contributed by atoms with Crippen molar-refractivity contribution in [2.45, 2.75) is 149 Å². The average Bonchev–Trinajstić information content (AvgIpc) is 2.87. The lowest BCUT2D eigenvalue weighted by Crippen LogP contribution is -2.29. The number of carbonyl (C=O) groups is 2. The van der Waals surface area contributed by atoms with Gasteiger partial charge >= 0.3 is 11.9 Å². The molecule has 0 aliphatic heterocycles. The Balaban J connectivity index is 3.78. The van der Waals surface area contributed by atoms with E-state index in [4.69, 9.17) is 9.84 Å². The quantitative estimate of drug-likeness (QED) is 0.0763. The summed E-state index contributed by atoms with van der Waals surface area (Å²) in [6.45, 7) is 8.02. The minimum absolute atomic E-state index is 0.0297. The van der Waals surface area contributed by atoms with Gasteiger partial charge in [0.25, 0.3) is 0 Å². The monoisotopic (exact) mass is 527 g/mol. The Morgan fingerprint density at radius 3 is 1.68 bits per heavy atom. The first-order valence-corrected chi connectivity index (χ1v) is 15.7. The summed E-state index contributed by atoms with van der Waals surface area (Å²) in [7, 11) is 0. The zero-order chi connectivity index (χ0) is 27.4. The molecule has 0 fully saturated rings. The van der Waals surface area contributed by atoms with Crippen molar-refractivity contribution in [2.75, 3.05) is 32.8 Å². The maximum absolute atomic E-state index is 12.1. The maximum atomic E-state index is 12.1. The molecular weight excluding hydrogens is 466 g/mol. The van der Waals surface area contributed by atoms with Gasteiger partial charge in [0, 0.05) is 19.4 Å². The van der Waals surface area contributed by atoms with Crippen LogP contribution in [0.25, 0.3) is 0 Å². The molecule has 0 unspecified atom stereocenters. The smallest absolute Gasteiger partial charge is 0.305 e. The molecule has 0 bridgehead atoms. The van der Waals surface area contributed by atoms with E-state index in [1.165, 1.54) is 51.4 Å². The fourth-order valence-electron chi connectivity index (χ4n) is 4.96. The lowest BCUT2D eigenvalue weighted by molar-refractivity contribution is -0.144. The number of ether oxygens (including phenoxy) is 1. The molecule has 0 aromatic heterocycles. The number of unbranched alkanes of at least 4 members (excludes halogenated alkanes) is 12. The molecule has 0 aromatic carbocycles. The van der Waals surface area contributed by atoms with E-state index in [0.717, 1.165) is 90.3 Å². The van der Waals surface area contributed by atoms with Gasteiger partial charge in [0.1, 0.15) is 0 Å². The van der Waals surface area contributed by atoms with Crippen LogP contribution in [0.3, 0.4) is 0 Å². The van der Waals surface area contributed by atoms with Crippen LogP contribution in [-0.4, -0.2) is 59.9 Å². The highest BCUT2D eigenvalue weighted by atomic mass is 16.5. The largest absolute Gasteiger partial charge is 0.481 e. The summed E-state index contributed by atoms with van der Waals surface area (Å²) >= 11 is 0. The van der Waals surface area contributed by atoms with Crippen molar-refractivity contribution in [3.05, 3.63) is 0 Å². The third-order valence-electron chi connectivity index (χ3n) is 7.36. The van der Waals surface area contributed by atoms with Crippen molar-refractivity contribution in [1.82, 2.24) is 4.90 Å². The number of nitrogens with zero attached hydrogens (tertiary/aromatic N) is 1. The van der Waals surface area contributed by atoms with Gasteiger partial charge in [-0.25, -0.2) is 0 Å². The normalized spacial score (nSPS) is 11.5. The Morgan fingerprint density at radius 2 is 1.16 bits per heavy atom. The standard InChI is InChI=1S/C31H61NO5/c1-3-5-13-19-29(20-14-6-4-2)23-28-37-31(36)22-16-10-8-12-18-25-32(26-27-33)24-17-11-7-9-15-21-30(34)35/h29,33H,3-28H2,1-2H3,(H,34,35). The van der Waals surface area contributed by atoms with Gasteiger partial charge in [-0.15, -0.1) is 0 Å². The first kappa shape index (κ1) is 35.9. The molecule has 37 heavy (non-hydrogen) atoms. The molecule has 0 aliphatic carbocycles. The molecule has 2 N–H and O–H groups in total. The topological polar surface area (TPSA) is 87.1 Å². The minimum atomic E-state index is -0.705. The summed E-state index contributed by atoms with van der Waals surface area (Å²) in [5.41, 5.74) is 0. The van der Waals surface area contributed by atoms with Crippen molar-refractivity contribution < 1.29 is 24.5 Å². The molecule has 0 atom stereocenters. The first-order valence-electron chi connectivity index (χ1n) is 15.7. The van der Waals surface area contributed by atoms with Gasteiger partial charge in [0.2, 0.25) is 0 Å². The number of carbonyl (C=O) groups excluding carboxylic acids is 1. The SMILES string of the molecule is CCCCCC(CCCCC)CCOC(=O)CCCCCCCN(CCO)CCCCCCCC(=O)O. The third-order valence-corrected chi connectivity index (χ3v) is 7.36. The van der Waals surface area contributed by atoms with Crippen molar-refractivity contribution in [1.29, 1.82) is 0 Å². The second-order valence-corrected chi connectivity index (χ2v) is 10.9. The van der Waals surface area contributed by atoms with E-state index in [-0.39, 0.29) is 19.0 Å². The summed E-state index contributed by atoms with van der Waals surface area (Å²) in [5.74, 6) is -0.0261. The maximum Gasteiger partial charge on any atom is 0.305 e. The van der Waals surface area contributed by atoms with Gasteiger partial charge in [-0.2, -0.15) is 0 Å². The van der Waals surface area contributed by atoms with E-state index in [9.17, 15) is 14.7 Å². The van der Waals surface area contributed by atoms with Gasteiger partial charge in [0.15, 0.2) is 0 Å². The molecule has 0 heterocycles. The van der Waals surface area contributed by atoms with Crippen LogP contribution in [-0.2, 0) is 14.3 Å². The van der Waals surface area contributed by atoms with E-state index in [1.54, 1.807) is 0 Å². The molecule has 0 amide bonds. The van der Waals surface area contributed by atoms with Crippen molar-refractivity contribution in [3.8, 4) is 0 Å². The molecule has 6 nitrogen and oxygen atoms in total. The number of carboxylic acid groups (broad SMARTS) is 1. The number of hydrogen-bond acceptors (Lipinski definition) is 5. The fraction of sp³-hybridized carbons (Fsp3) is 0.935. The number of rotatable bonds is 29. The lowest BCUT2D eigenvalue weighted by atomic mass is 9.92. The van der Waals surface area contributed by atoms with E-state index in [2.05, 4.69) is 18.7 Å². The first-order chi connectivity index (χ1) is 18.0. The molecule has 0 radical (unpaired) electrons. The zero-order valence-corrected chi connectivity index (χ0v) is 24.5. The molecule has 6 heteroatoms. The molecule has 0 aromatic rings. The summed E-state index contributed by atoms with van der Waals surface area (Å²) in [6.07, 6.45) is 22.6. The van der Waals surface area contributed by atoms with Crippen LogP contribution in [0.2, 0.25) is 0 Å². The number of esters is 1. The van der Waals surface area contributed by atoms with E-state index < -0.39 is 5.97 Å². The number of aliphatic carboxylic acids is 1. The number of aliphatic hydroxyl groups is 1. The van der Waals surface area contributed by atoms with Crippen LogP contribution < -0.4 is 0 Å². The molecule has 0 saturated heterocycles. The Bertz CT molecular complexity index is 504. The molecular formula is C31H61NO5. The highest BCUT2D eigenvalue weighted by Gasteiger charge is 2.11. The predicted molar refractivity (Wildman–Crippen MR) is 154 cm³/mol. The third kappa shape index (κ3) is 26.3. The van der Waals surface area contributed by atoms with Crippen LogP contribution in [0.15, 0.2) is 0 Å². The second-order valence-electron chi connectivity index (χ2n) is 10.9. The number of carboxylic acids is 1. The van der Waals surface area contributed by atoms with Crippen LogP contribution in [0.4, 0.5) is 0 Å². The minimum Gasteiger partial charge on any atom is -0.481 e. The Labute approximate surface area is 228 Å². The van der Waals surface area contributed by atoms with Gasteiger partial charge < -0.3 is 19.8 Å². The van der Waals surface area contributed by atoms with Crippen LogP contribution >= 0.6 is 0 Å². The number of aliphatic hydroxyl groups excluding tert-OH is 1. The average molecular weight is 528 g/mol. The van der Waals surface area contributed by atoms with Gasteiger partial charge in [-0.1, -0.05) is 104 Å². The van der Waals surface area contributed by atoms with Crippen LogP contribution in [0.1, 0.15) is 149 Å². The Hall–Kier alpha value is -1.14. The summed E-state index contributed by atoms with van der Waals surface area (Å²) in [4.78, 5) is 25.0. The predicted octanol–water partition coefficient (Wildman–Crippen LogP) is 7.76. The summed E-state index contributed by atoms with van der Waals surface area (Å²) in [6, 6.07) is 0. The summed E-state index contributed by atoms with van der Waals surface area (Å²) < 4.78 is 5.55. The van der Waals surface area contributed by atoms with Gasteiger partial charge in [0.05, 0.1) is 13.2 Å². The van der Waals surface area contributed by atoms with E-state index >= 15 is 0 Å². The van der Waals surface area contributed by atoms with Crippen molar-refractivity contribution in [2.24, 2.45) is 5.92 Å². The lowest BCUT2D eigenvalue weighted by Gasteiger charge is -2.21. The Morgan fingerprint density at radius 1 is 0.649 bits per heavy atom. The van der Waals surface area contributed by atoms with E-state index in [1.807, 2.05) is 0 Å². The molecule has 0 rings (SSSR count). The molecule has 0 spiro atoms.